The molecule has 4 aromatic rings. The number of halogens is 1. The molecule has 0 unspecified atom stereocenters. The number of nitrogens with zero attached hydrogens (tertiary/aromatic N) is 4. The fourth-order valence-electron chi connectivity index (χ4n) is 3.48. The average molecular weight is 448 g/mol. The minimum atomic E-state index is -0.767. The van der Waals surface area contributed by atoms with Crippen LogP contribution < -0.4 is 16.4 Å². The Morgan fingerprint density at radius 1 is 1.00 bits per heavy atom. The zero-order valence-electron chi connectivity index (χ0n) is 18.3. The molecule has 0 saturated heterocycles. The molecule has 0 atom stereocenters. The van der Waals surface area contributed by atoms with Crippen molar-refractivity contribution in [3.63, 3.8) is 0 Å². The highest BCUT2D eigenvalue weighted by molar-refractivity contribution is 6.08. The molecule has 9 nitrogen and oxygen atoms in total. The Kier molecular flexibility index (Phi) is 5.82. The molecule has 0 aliphatic heterocycles. The molecule has 10 heteroatoms. The SMILES string of the molecule is CCCn1nc(C(=O)NNC(=O)c2cc(F)cc3nc(C)c(C)nc23)c2ccccc2c1=O. The lowest BCUT2D eigenvalue weighted by Gasteiger charge is -2.12. The van der Waals surface area contributed by atoms with E-state index >= 15 is 0 Å². The molecule has 2 aromatic heterocycles. The number of amides is 2. The van der Waals surface area contributed by atoms with Crippen molar-refractivity contribution in [2.45, 2.75) is 33.7 Å². The Morgan fingerprint density at radius 2 is 1.67 bits per heavy atom. The molecule has 2 aromatic carbocycles. The van der Waals surface area contributed by atoms with E-state index in [1.165, 1.54) is 10.7 Å². The van der Waals surface area contributed by atoms with Crippen molar-refractivity contribution in [3.8, 4) is 0 Å². The molecule has 168 valence electrons. The van der Waals surface area contributed by atoms with Crippen molar-refractivity contribution in [2.75, 3.05) is 0 Å². The molecule has 0 spiro atoms. The van der Waals surface area contributed by atoms with Gasteiger partial charge < -0.3 is 0 Å². The second kappa shape index (κ2) is 8.73. The van der Waals surface area contributed by atoms with Crippen LogP contribution >= 0.6 is 0 Å². The van der Waals surface area contributed by atoms with Gasteiger partial charge in [0.1, 0.15) is 11.3 Å². The first-order chi connectivity index (χ1) is 15.8. The molecular weight excluding hydrogens is 427 g/mol. The Hall–Kier alpha value is -4.21. The Bertz CT molecular complexity index is 1480. The number of hydrogen-bond acceptors (Lipinski definition) is 6. The molecule has 4 rings (SSSR count). The first-order valence-corrected chi connectivity index (χ1v) is 10.3. The van der Waals surface area contributed by atoms with Crippen LogP contribution in [0.2, 0.25) is 0 Å². The largest absolute Gasteiger partial charge is 0.290 e. The summed E-state index contributed by atoms with van der Waals surface area (Å²) in [5.41, 5.74) is 5.85. The highest BCUT2D eigenvalue weighted by atomic mass is 19.1. The van der Waals surface area contributed by atoms with E-state index in [2.05, 4.69) is 25.9 Å². The van der Waals surface area contributed by atoms with Gasteiger partial charge in [0.05, 0.1) is 27.9 Å². The maximum absolute atomic E-state index is 14.1. The van der Waals surface area contributed by atoms with Crippen molar-refractivity contribution in [1.82, 2.24) is 30.6 Å². The van der Waals surface area contributed by atoms with Crippen LogP contribution in [0, 0.1) is 19.7 Å². The lowest BCUT2D eigenvalue weighted by molar-refractivity contribution is 0.0844. The van der Waals surface area contributed by atoms with Gasteiger partial charge in [-0.2, -0.15) is 5.10 Å². The maximum Gasteiger partial charge on any atom is 0.290 e. The summed E-state index contributed by atoms with van der Waals surface area (Å²) in [5.74, 6) is -2.14. The van der Waals surface area contributed by atoms with Crippen LogP contribution in [0.3, 0.4) is 0 Å². The smallest absolute Gasteiger partial charge is 0.267 e. The normalized spacial score (nSPS) is 11.0. The molecule has 0 radical (unpaired) electrons. The quantitative estimate of drug-likeness (QED) is 0.463. The van der Waals surface area contributed by atoms with E-state index in [1.807, 2.05) is 6.92 Å². The van der Waals surface area contributed by atoms with E-state index in [9.17, 15) is 18.8 Å². The third-order valence-electron chi connectivity index (χ3n) is 5.20. The molecule has 33 heavy (non-hydrogen) atoms. The standard InChI is InChI=1S/C23H21FN6O3/c1-4-9-30-23(33)16-8-6-5-7-15(16)20(29-30)22(32)28-27-21(31)17-10-14(24)11-18-19(17)26-13(3)12(2)25-18/h5-8,10-11H,4,9H2,1-3H3,(H,27,31)(H,28,32). The molecule has 0 fully saturated rings. The van der Waals surface area contributed by atoms with Gasteiger partial charge >= 0.3 is 0 Å². The summed E-state index contributed by atoms with van der Waals surface area (Å²) in [6, 6.07) is 8.83. The molecule has 0 aliphatic carbocycles. The van der Waals surface area contributed by atoms with Crippen molar-refractivity contribution in [1.29, 1.82) is 0 Å². The van der Waals surface area contributed by atoms with Crippen LogP contribution in [0.1, 0.15) is 45.6 Å². The summed E-state index contributed by atoms with van der Waals surface area (Å²) in [7, 11) is 0. The van der Waals surface area contributed by atoms with Gasteiger partial charge in [0.25, 0.3) is 17.4 Å². The number of aryl methyl sites for hydroxylation is 3. The third kappa shape index (κ3) is 4.14. The van der Waals surface area contributed by atoms with Gasteiger partial charge in [0, 0.05) is 18.0 Å². The number of carbonyl (C=O) groups excluding carboxylic acids is 2. The minimum Gasteiger partial charge on any atom is -0.267 e. The molecule has 0 aliphatic rings. The van der Waals surface area contributed by atoms with Gasteiger partial charge in [-0.1, -0.05) is 25.1 Å². The van der Waals surface area contributed by atoms with Crippen LogP contribution in [0.4, 0.5) is 4.39 Å². The molecule has 2 N–H and O–H groups in total. The fraction of sp³-hybridized carbons (Fsp3) is 0.217. The summed E-state index contributed by atoms with van der Waals surface area (Å²) < 4.78 is 15.3. The number of aromatic nitrogens is 4. The molecular formula is C23H21FN6O3. The number of hydrazine groups is 1. The second-order valence-electron chi connectivity index (χ2n) is 7.55. The van der Waals surface area contributed by atoms with Gasteiger partial charge in [0.2, 0.25) is 0 Å². The lowest BCUT2D eigenvalue weighted by Crippen LogP contribution is -2.43. The number of fused-ring (bicyclic) bond motifs is 2. The summed E-state index contributed by atoms with van der Waals surface area (Å²) in [6.45, 7) is 5.69. The fourth-order valence-corrected chi connectivity index (χ4v) is 3.48. The maximum atomic E-state index is 14.1. The van der Waals surface area contributed by atoms with Gasteiger partial charge in [-0.15, -0.1) is 0 Å². The molecule has 2 heterocycles. The Morgan fingerprint density at radius 3 is 2.39 bits per heavy atom. The minimum absolute atomic E-state index is 0.0192. The van der Waals surface area contributed by atoms with Crippen molar-refractivity contribution >= 4 is 33.6 Å². The summed E-state index contributed by atoms with van der Waals surface area (Å²) in [4.78, 5) is 46.9. The monoisotopic (exact) mass is 448 g/mol. The van der Waals surface area contributed by atoms with Gasteiger partial charge in [-0.25, -0.2) is 19.0 Å². The van der Waals surface area contributed by atoms with E-state index in [4.69, 9.17) is 0 Å². The first-order valence-electron chi connectivity index (χ1n) is 10.3. The highest BCUT2D eigenvalue weighted by Crippen LogP contribution is 2.19. The molecule has 0 bridgehead atoms. The van der Waals surface area contributed by atoms with E-state index < -0.39 is 17.6 Å². The summed E-state index contributed by atoms with van der Waals surface area (Å²) in [6.07, 6.45) is 0.648. The number of benzene rings is 2. The summed E-state index contributed by atoms with van der Waals surface area (Å²) >= 11 is 0. The van der Waals surface area contributed by atoms with Gasteiger partial charge in [-0.3, -0.25) is 25.2 Å². The highest BCUT2D eigenvalue weighted by Gasteiger charge is 2.19. The van der Waals surface area contributed by atoms with Gasteiger partial charge in [0.15, 0.2) is 5.69 Å². The van der Waals surface area contributed by atoms with Gasteiger partial charge in [-0.05, 0) is 32.4 Å². The van der Waals surface area contributed by atoms with E-state index in [0.29, 0.717) is 35.1 Å². The topological polar surface area (TPSA) is 119 Å². The Balaban J connectivity index is 1.66. The van der Waals surface area contributed by atoms with E-state index in [1.54, 1.807) is 38.1 Å². The van der Waals surface area contributed by atoms with Crippen LogP contribution in [0.25, 0.3) is 21.8 Å². The Labute approximate surface area is 187 Å². The molecule has 2 amide bonds. The first kappa shape index (κ1) is 22.0. The average Bonchev–Trinajstić information content (AvgIpc) is 2.80. The third-order valence-corrected chi connectivity index (χ3v) is 5.20. The van der Waals surface area contributed by atoms with Crippen molar-refractivity contribution in [3.05, 3.63) is 75.2 Å². The van der Waals surface area contributed by atoms with Crippen LogP contribution in [0.5, 0.6) is 0 Å². The predicted molar refractivity (Wildman–Crippen MR) is 120 cm³/mol. The van der Waals surface area contributed by atoms with Crippen LogP contribution in [-0.2, 0) is 6.54 Å². The van der Waals surface area contributed by atoms with Crippen LogP contribution in [-0.4, -0.2) is 31.6 Å². The van der Waals surface area contributed by atoms with E-state index in [-0.39, 0.29) is 27.9 Å². The zero-order valence-corrected chi connectivity index (χ0v) is 18.3. The van der Waals surface area contributed by atoms with Crippen molar-refractivity contribution in [2.24, 2.45) is 0 Å². The number of nitrogens with one attached hydrogen (secondary N) is 2. The molecule has 0 saturated carbocycles. The summed E-state index contributed by atoms with van der Waals surface area (Å²) in [5, 5.41) is 4.88. The van der Waals surface area contributed by atoms with Crippen LogP contribution in [0.15, 0.2) is 41.2 Å². The lowest BCUT2D eigenvalue weighted by atomic mass is 10.1. The number of hydrogen-bond donors (Lipinski definition) is 2. The zero-order chi connectivity index (χ0) is 23.7. The predicted octanol–water partition coefficient (Wildman–Crippen LogP) is 2.58. The number of carbonyl (C=O) groups is 2. The van der Waals surface area contributed by atoms with Crippen molar-refractivity contribution < 1.29 is 14.0 Å². The number of rotatable bonds is 4. The second-order valence-corrected chi connectivity index (χ2v) is 7.55. The van der Waals surface area contributed by atoms with E-state index in [0.717, 1.165) is 6.07 Å².